The topological polar surface area (TPSA) is 29.1 Å². The van der Waals surface area contributed by atoms with E-state index >= 15 is 0 Å². The molecule has 1 atom stereocenters. The van der Waals surface area contributed by atoms with E-state index in [0.717, 1.165) is 18.4 Å². The third kappa shape index (κ3) is 3.33. The molecule has 0 saturated heterocycles. The lowest BCUT2D eigenvalue weighted by molar-refractivity contribution is -0.119. The summed E-state index contributed by atoms with van der Waals surface area (Å²) < 4.78 is 13.0. The van der Waals surface area contributed by atoms with Gasteiger partial charge < -0.3 is 5.32 Å². The maximum Gasteiger partial charge on any atom is 0.227 e. The van der Waals surface area contributed by atoms with Crippen molar-refractivity contribution < 1.29 is 9.18 Å². The van der Waals surface area contributed by atoms with Gasteiger partial charge >= 0.3 is 0 Å². The van der Waals surface area contributed by atoms with Crippen LogP contribution in [0, 0.1) is 18.7 Å². The summed E-state index contributed by atoms with van der Waals surface area (Å²) in [5.74, 6) is -0.410. The van der Waals surface area contributed by atoms with E-state index in [0.29, 0.717) is 5.69 Å². The summed E-state index contributed by atoms with van der Waals surface area (Å²) in [6.45, 7) is 5.77. The first-order valence-corrected chi connectivity index (χ1v) is 5.61. The van der Waals surface area contributed by atoms with E-state index in [4.69, 9.17) is 0 Å². The van der Waals surface area contributed by atoms with E-state index in [-0.39, 0.29) is 17.6 Å². The number of carbonyl (C=O) groups is 1. The average molecular weight is 223 g/mol. The Morgan fingerprint density at radius 3 is 2.81 bits per heavy atom. The maximum absolute atomic E-state index is 13.0. The lowest BCUT2D eigenvalue weighted by atomic mass is 10.1. The normalized spacial score (nSPS) is 12.2. The number of aryl methyl sites for hydroxylation is 1. The summed E-state index contributed by atoms with van der Waals surface area (Å²) in [5, 5.41) is 2.76. The van der Waals surface area contributed by atoms with Crippen LogP contribution in [0.2, 0.25) is 0 Å². The number of carbonyl (C=O) groups excluding carboxylic acids is 1. The second-order valence-electron chi connectivity index (χ2n) is 4.14. The van der Waals surface area contributed by atoms with E-state index in [1.807, 2.05) is 20.8 Å². The van der Waals surface area contributed by atoms with Crippen LogP contribution in [0.25, 0.3) is 0 Å². The molecule has 0 aliphatic carbocycles. The van der Waals surface area contributed by atoms with Crippen molar-refractivity contribution >= 4 is 11.6 Å². The van der Waals surface area contributed by atoms with Gasteiger partial charge in [-0.2, -0.15) is 0 Å². The van der Waals surface area contributed by atoms with Gasteiger partial charge in [0.15, 0.2) is 0 Å². The molecule has 16 heavy (non-hydrogen) atoms. The minimum Gasteiger partial charge on any atom is -0.326 e. The summed E-state index contributed by atoms with van der Waals surface area (Å²) in [5.41, 5.74) is 1.44. The molecule has 0 aliphatic rings. The van der Waals surface area contributed by atoms with Crippen LogP contribution >= 0.6 is 0 Å². The lowest BCUT2D eigenvalue weighted by Gasteiger charge is -2.12. The lowest BCUT2D eigenvalue weighted by Crippen LogP contribution is -2.20. The number of rotatable bonds is 4. The molecule has 1 N–H and O–H groups in total. The van der Waals surface area contributed by atoms with Gasteiger partial charge in [0.2, 0.25) is 5.91 Å². The largest absolute Gasteiger partial charge is 0.326 e. The fraction of sp³-hybridized carbons (Fsp3) is 0.462. The number of benzene rings is 1. The van der Waals surface area contributed by atoms with Crippen LogP contribution in [0.5, 0.6) is 0 Å². The molecule has 0 heterocycles. The van der Waals surface area contributed by atoms with Gasteiger partial charge in [-0.1, -0.05) is 26.3 Å². The van der Waals surface area contributed by atoms with Crippen molar-refractivity contribution in [1.29, 1.82) is 0 Å². The molecule has 0 bridgehead atoms. The van der Waals surface area contributed by atoms with Crippen molar-refractivity contribution in [1.82, 2.24) is 0 Å². The minimum absolute atomic E-state index is 0.0346. The summed E-state index contributed by atoms with van der Waals surface area (Å²) in [4.78, 5) is 11.7. The standard InChI is InChI=1S/C13H18FNO/c1-4-5-10(3)13(16)15-12-8-11(14)7-6-9(12)2/h6-8,10H,4-5H2,1-3H3,(H,15,16). The second-order valence-corrected chi connectivity index (χ2v) is 4.14. The Morgan fingerprint density at radius 2 is 2.19 bits per heavy atom. The van der Waals surface area contributed by atoms with Crippen molar-refractivity contribution in [2.45, 2.75) is 33.6 Å². The second kappa shape index (κ2) is 5.64. The first-order chi connectivity index (χ1) is 7.54. The van der Waals surface area contributed by atoms with Gasteiger partial charge in [0, 0.05) is 11.6 Å². The molecule has 1 rings (SSSR count). The van der Waals surface area contributed by atoms with Gasteiger partial charge in [-0.15, -0.1) is 0 Å². The Balaban J connectivity index is 2.72. The number of anilines is 1. The van der Waals surface area contributed by atoms with E-state index < -0.39 is 0 Å². The van der Waals surface area contributed by atoms with Gasteiger partial charge in [-0.05, 0) is 31.0 Å². The molecule has 1 unspecified atom stereocenters. The van der Waals surface area contributed by atoms with Gasteiger partial charge in [0.05, 0.1) is 0 Å². The smallest absolute Gasteiger partial charge is 0.227 e. The van der Waals surface area contributed by atoms with Crippen molar-refractivity contribution in [2.24, 2.45) is 5.92 Å². The molecule has 1 aromatic carbocycles. The molecule has 0 saturated carbocycles. The molecular weight excluding hydrogens is 205 g/mol. The average Bonchev–Trinajstić information content (AvgIpc) is 2.23. The Morgan fingerprint density at radius 1 is 1.50 bits per heavy atom. The molecule has 0 aliphatic heterocycles. The van der Waals surface area contributed by atoms with Crippen LogP contribution in [0.3, 0.4) is 0 Å². The third-order valence-electron chi connectivity index (χ3n) is 2.63. The molecule has 2 nitrogen and oxygen atoms in total. The highest BCUT2D eigenvalue weighted by Crippen LogP contribution is 2.17. The van der Waals surface area contributed by atoms with Crippen LogP contribution in [0.1, 0.15) is 32.3 Å². The molecule has 0 fully saturated rings. The maximum atomic E-state index is 13.0. The first kappa shape index (κ1) is 12.7. The predicted octanol–water partition coefficient (Wildman–Crippen LogP) is 3.51. The molecule has 3 heteroatoms. The Labute approximate surface area is 95.9 Å². The Kier molecular flexibility index (Phi) is 4.47. The van der Waals surface area contributed by atoms with Crippen molar-refractivity contribution in [2.75, 3.05) is 5.32 Å². The number of hydrogen-bond donors (Lipinski definition) is 1. The molecule has 0 spiro atoms. The van der Waals surface area contributed by atoms with E-state index in [2.05, 4.69) is 5.32 Å². The van der Waals surface area contributed by atoms with E-state index in [1.54, 1.807) is 6.07 Å². The number of hydrogen-bond acceptors (Lipinski definition) is 1. The van der Waals surface area contributed by atoms with E-state index in [9.17, 15) is 9.18 Å². The van der Waals surface area contributed by atoms with Crippen LogP contribution in [-0.4, -0.2) is 5.91 Å². The SMILES string of the molecule is CCCC(C)C(=O)Nc1cc(F)ccc1C. The predicted molar refractivity (Wildman–Crippen MR) is 63.8 cm³/mol. The van der Waals surface area contributed by atoms with Crippen molar-refractivity contribution in [3.63, 3.8) is 0 Å². The Hall–Kier alpha value is -1.38. The van der Waals surface area contributed by atoms with Gasteiger partial charge in [0.1, 0.15) is 5.82 Å². The molecule has 0 radical (unpaired) electrons. The number of halogens is 1. The molecule has 1 aromatic rings. The fourth-order valence-corrected chi connectivity index (χ4v) is 1.55. The summed E-state index contributed by atoms with van der Waals surface area (Å²) in [6, 6.07) is 4.40. The highest BCUT2D eigenvalue weighted by Gasteiger charge is 2.12. The minimum atomic E-state index is -0.330. The quantitative estimate of drug-likeness (QED) is 0.831. The van der Waals surface area contributed by atoms with Gasteiger partial charge in [0.25, 0.3) is 0 Å². The highest BCUT2D eigenvalue weighted by molar-refractivity contribution is 5.92. The van der Waals surface area contributed by atoms with Gasteiger partial charge in [-0.3, -0.25) is 4.79 Å². The molecule has 88 valence electrons. The molecular formula is C13H18FNO. The summed E-state index contributed by atoms with van der Waals surface area (Å²) in [7, 11) is 0. The van der Waals surface area contributed by atoms with Crippen LogP contribution in [0.4, 0.5) is 10.1 Å². The summed E-state index contributed by atoms with van der Waals surface area (Å²) >= 11 is 0. The number of amides is 1. The zero-order chi connectivity index (χ0) is 12.1. The fourth-order valence-electron chi connectivity index (χ4n) is 1.55. The monoisotopic (exact) mass is 223 g/mol. The van der Waals surface area contributed by atoms with Crippen LogP contribution < -0.4 is 5.32 Å². The third-order valence-corrected chi connectivity index (χ3v) is 2.63. The number of nitrogens with one attached hydrogen (secondary N) is 1. The van der Waals surface area contributed by atoms with Crippen LogP contribution in [0.15, 0.2) is 18.2 Å². The highest BCUT2D eigenvalue weighted by atomic mass is 19.1. The zero-order valence-corrected chi connectivity index (χ0v) is 10.0. The van der Waals surface area contributed by atoms with Crippen LogP contribution in [-0.2, 0) is 4.79 Å². The van der Waals surface area contributed by atoms with Crippen molar-refractivity contribution in [3.8, 4) is 0 Å². The van der Waals surface area contributed by atoms with E-state index in [1.165, 1.54) is 12.1 Å². The Bertz CT molecular complexity index is 376. The first-order valence-electron chi connectivity index (χ1n) is 5.61. The summed E-state index contributed by atoms with van der Waals surface area (Å²) in [6.07, 6.45) is 1.82. The van der Waals surface area contributed by atoms with Gasteiger partial charge in [-0.25, -0.2) is 4.39 Å². The zero-order valence-electron chi connectivity index (χ0n) is 10.0. The molecule has 0 aromatic heterocycles. The molecule has 1 amide bonds. The van der Waals surface area contributed by atoms with Crippen molar-refractivity contribution in [3.05, 3.63) is 29.6 Å².